The van der Waals surface area contributed by atoms with Crippen molar-refractivity contribution in [3.8, 4) is 0 Å². The lowest BCUT2D eigenvalue weighted by Gasteiger charge is -2.39. The van der Waals surface area contributed by atoms with Crippen LogP contribution in [0.5, 0.6) is 0 Å². The summed E-state index contributed by atoms with van der Waals surface area (Å²) in [5.74, 6) is 1.59. The van der Waals surface area contributed by atoms with Crippen LogP contribution >= 0.6 is 11.8 Å². The lowest BCUT2D eigenvalue weighted by Crippen LogP contribution is -2.52. The first kappa shape index (κ1) is 16.2. The van der Waals surface area contributed by atoms with E-state index in [0.29, 0.717) is 18.8 Å². The van der Waals surface area contributed by atoms with Gasteiger partial charge < -0.3 is 10.2 Å². The number of sulfone groups is 1. The molecule has 5 nitrogen and oxygen atoms in total. The molecule has 2 N–H and O–H groups in total. The van der Waals surface area contributed by atoms with Crippen LogP contribution in [-0.2, 0) is 9.84 Å². The molecule has 0 spiro atoms. The predicted molar refractivity (Wildman–Crippen MR) is 74.4 cm³/mol. The Morgan fingerprint density at radius 1 is 1.39 bits per heavy atom. The highest BCUT2D eigenvalue weighted by Crippen LogP contribution is 2.26. The normalized spacial score (nSPS) is 23.2. The minimum Gasteiger partial charge on any atom is -0.396 e. The first-order chi connectivity index (χ1) is 8.38. The molecule has 0 saturated carbocycles. The summed E-state index contributed by atoms with van der Waals surface area (Å²) in [6.07, 6.45) is 0. The topological polar surface area (TPSA) is 77.8 Å². The van der Waals surface area contributed by atoms with Crippen molar-refractivity contribution < 1.29 is 18.6 Å². The highest BCUT2D eigenvalue weighted by molar-refractivity contribution is 8.01. The van der Waals surface area contributed by atoms with Gasteiger partial charge in [0.1, 0.15) is 5.37 Å². The highest BCUT2D eigenvalue weighted by atomic mass is 32.2. The highest BCUT2D eigenvalue weighted by Gasteiger charge is 2.36. The third kappa shape index (κ3) is 3.84. The van der Waals surface area contributed by atoms with Gasteiger partial charge in [0.25, 0.3) is 0 Å². The van der Waals surface area contributed by atoms with Gasteiger partial charge in [0, 0.05) is 35.8 Å². The Bertz CT molecular complexity index is 354. The zero-order valence-corrected chi connectivity index (χ0v) is 12.6. The second kappa shape index (κ2) is 6.56. The molecule has 0 aliphatic carbocycles. The molecule has 1 unspecified atom stereocenters. The average Bonchev–Trinajstić information content (AvgIpc) is 2.39. The van der Waals surface area contributed by atoms with E-state index in [9.17, 15) is 18.6 Å². The lowest BCUT2D eigenvalue weighted by atomic mass is 9.92. The predicted octanol–water partition coefficient (Wildman–Crippen LogP) is -0.213. The van der Waals surface area contributed by atoms with Crippen LogP contribution in [0.2, 0.25) is 0 Å². The summed E-state index contributed by atoms with van der Waals surface area (Å²) in [4.78, 5) is 1.89. The van der Waals surface area contributed by atoms with Gasteiger partial charge in [0.05, 0.1) is 13.2 Å². The molecule has 1 aliphatic rings. The molecule has 0 aromatic rings. The largest absolute Gasteiger partial charge is 0.396 e. The number of hydrogen-bond donors (Lipinski definition) is 2. The summed E-state index contributed by atoms with van der Waals surface area (Å²) < 4.78 is 24.1. The van der Waals surface area contributed by atoms with Gasteiger partial charge in [-0.3, -0.25) is 4.90 Å². The fraction of sp³-hybridized carbons (Fsp3) is 1.00. The summed E-state index contributed by atoms with van der Waals surface area (Å²) in [5.41, 5.74) is -0.649. The van der Waals surface area contributed by atoms with Crippen molar-refractivity contribution in [1.29, 1.82) is 0 Å². The van der Waals surface area contributed by atoms with E-state index in [1.807, 2.05) is 4.90 Å². The molecule has 7 heteroatoms. The zero-order chi connectivity index (χ0) is 13.8. The maximum atomic E-state index is 12.0. The monoisotopic (exact) mass is 297 g/mol. The summed E-state index contributed by atoms with van der Waals surface area (Å²) in [7, 11) is -3.12. The van der Waals surface area contributed by atoms with E-state index < -0.39 is 20.6 Å². The Morgan fingerprint density at radius 2 is 2.00 bits per heavy atom. The molecule has 0 aromatic carbocycles. The minimum absolute atomic E-state index is 0.129. The smallest absolute Gasteiger partial charge is 0.166 e. The van der Waals surface area contributed by atoms with Crippen molar-refractivity contribution in [2.45, 2.75) is 19.2 Å². The van der Waals surface area contributed by atoms with E-state index in [1.165, 1.54) is 0 Å². The average molecular weight is 297 g/mol. The number of aliphatic hydroxyl groups is 2. The molecule has 18 heavy (non-hydrogen) atoms. The van der Waals surface area contributed by atoms with E-state index in [2.05, 4.69) is 0 Å². The summed E-state index contributed by atoms with van der Waals surface area (Å²) in [5, 5.41) is 18.2. The van der Waals surface area contributed by atoms with E-state index in [4.69, 9.17) is 0 Å². The summed E-state index contributed by atoms with van der Waals surface area (Å²) in [6, 6.07) is 0. The molecule has 1 atom stereocenters. The molecule has 1 saturated heterocycles. The van der Waals surface area contributed by atoms with Crippen molar-refractivity contribution in [1.82, 2.24) is 4.90 Å². The quantitative estimate of drug-likeness (QED) is 0.706. The second-order valence-corrected chi connectivity index (χ2v) is 8.68. The zero-order valence-electron chi connectivity index (χ0n) is 11.0. The van der Waals surface area contributed by atoms with Crippen molar-refractivity contribution in [2.75, 3.05) is 43.6 Å². The van der Waals surface area contributed by atoms with Crippen LogP contribution in [0.3, 0.4) is 0 Å². The van der Waals surface area contributed by atoms with E-state index in [1.54, 1.807) is 25.6 Å². The molecule has 1 rings (SSSR count). The van der Waals surface area contributed by atoms with Gasteiger partial charge in [0.15, 0.2) is 9.84 Å². The van der Waals surface area contributed by atoms with Crippen molar-refractivity contribution in [3.05, 3.63) is 0 Å². The maximum Gasteiger partial charge on any atom is 0.166 e. The Morgan fingerprint density at radius 3 is 2.50 bits per heavy atom. The summed E-state index contributed by atoms with van der Waals surface area (Å²) >= 11 is 1.64. The standard InChI is InChI=1S/C11H23NO4S2/c1-3-18(15,16)10-6-17-5-4-12(10)7-11(2,8-13)9-14/h10,13-14H,3-9H2,1-2H3. The SMILES string of the molecule is CCS(=O)(=O)C1CSCCN1CC(C)(CO)CO. The molecular weight excluding hydrogens is 274 g/mol. The Balaban J connectivity index is 2.84. The number of hydrogen-bond acceptors (Lipinski definition) is 6. The number of aliphatic hydroxyl groups excluding tert-OH is 2. The van der Waals surface area contributed by atoms with E-state index >= 15 is 0 Å². The summed E-state index contributed by atoms with van der Waals surface area (Å²) in [6.45, 7) is 4.22. The molecule has 0 radical (unpaired) electrons. The molecule has 108 valence electrons. The van der Waals surface area contributed by atoms with Gasteiger partial charge >= 0.3 is 0 Å². The molecule has 0 aromatic heterocycles. The minimum atomic E-state index is -3.12. The van der Waals surface area contributed by atoms with Crippen LogP contribution in [0.15, 0.2) is 0 Å². The second-order valence-electron chi connectivity index (χ2n) is 5.08. The Labute approximate surface area is 113 Å². The van der Waals surface area contributed by atoms with Crippen molar-refractivity contribution >= 4 is 21.6 Å². The molecule has 1 fully saturated rings. The van der Waals surface area contributed by atoms with Crippen molar-refractivity contribution in [3.63, 3.8) is 0 Å². The lowest BCUT2D eigenvalue weighted by molar-refractivity contribution is 0.0339. The van der Waals surface area contributed by atoms with Crippen molar-refractivity contribution in [2.24, 2.45) is 5.41 Å². The fourth-order valence-corrected chi connectivity index (χ4v) is 5.04. The van der Waals surface area contributed by atoms with Crippen LogP contribution in [0, 0.1) is 5.41 Å². The fourth-order valence-electron chi connectivity index (χ4n) is 1.96. The molecule has 1 heterocycles. The number of thioether (sulfide) groups is 1. The van der Waals surface area contributed by atoms with E-state index in [0.717, 1.165) is 5.75 Å². The molecule has 0 amide bonds. The number of rotatable bonds is 6. The van der Waals surface area contributed by atoms with Crippen LogP contribution in [0.1, 0.15) is 13.8 Å². The molecule has 0 bridgehead atoms. The Hall–Kier alpha value is 0.180. The van der Waals surface area contributed by atoms with Crippen LogP contribution in [0.4, 0.5) is 0 Å². The molecular formula is C11H23NO4S2. The van der Waals surface area contributed by atoms with Gasteiger partial charge in [-0.15, -0.1) is 0 Å². The van der Waals surface area contributed by atoms with Crippen LogP contribution in [0.25, 0.3) is 0 Å². The van der Waals surface area contributed by atoms with Gasteiger partial charge in [-0.2, -0.15) is 11.8 Å². The first-order valence-electron chi connectivity index (χ1n) is 6.13. The number of nitrogens with zero attached hydrogens (tertiary/aromatic N) is 1. The third-order valence-corrected chi connectivity index (χ3v) is 6.69. The van der Waals surface area contributed by atoms with Gasteiger partial charge in [-0.25, -0.2) is 8.42 Å². The van der Waals surface area contributed by atoms with Gasteiger partial charge in [-0.05, 0) is 0 Å². The van der Waals surface area contributed by atoms with E-state index in [-0.39, 0.29) is 19.0 Å². The van der Waals surface area contributed by atoms with Crippen LogP contribution < -0.4 is 0 Å². The maximum absolute atomic E-state index is 12.0. The van der Waals surface area contributed by atoms with Crippen LogP contribution in [-0.4, -0.2) is 72.5 Å². The van der Waals surface area contributed by atoms with Gasteiger partial charge in [0.2, 0.25) is 0 Å². The van der Waals surface area contributed by atoms with Gasteiger partial charge in [-0.1, -0.05) is 13.8 Å². The third-order valence-electron chi connectivity index (χ3n) is 3.36. The Kier molecular flexibility index (Phi) is 5.92. The molecule has 1 aliphatic heterocycles. The first-order valence-corrected chi connectivity index (χ1v) is 9.00.